The van der Waals surface area contributed by atoms with E-state index >= 15 is 0 Å². The molecule has 8 heteroatoms. The molecule has 0 aliphatic carbocycles. The molecule has 2 aromatic rings. The van der Waals surface area contributed by atoms with Crippen molar-refractivity contribution in [3.05, 3.63) is 49.5 Å². The standard InChI is InChI=1S/C16H18BrN3O3S/c1-11-10-24-16(23)20(11)8-7-15(22)19(2)9-14(21)18-13-6-4-3-5-12(13)17/h3-6,10H,7-9H2,1-2H3,(H,18,21). The second kappa shape index (κ2) is 8.25. The van der Waals surface area contributed by atoms with Gasteiger partial charge in [-0.2, -0.15) is 0 Å². The lowest BCUT2D eigenvalue weighted by Gasteiger charge is -2.17. The van der Waals surface area contributed by atoms with Gasteiger partial charge < -0.3 is 14.8 Å². The van der Waals surface area contributed by atoms with Gasteiger partial charge in [0.05, 0.1) is 12.2 Å². The van der Waals surface area contributed by atoms with Crippen molar-refractivity contribution in [1.29, 1.82) is 0 Å². The van der Waals surface area contributed by atoms with Gasteiger partial charge in [-0.25, -0.2) is 0 Å². The van der Waals surface area contributed by atoms with Crippen molar-refractivity contribution in [3.8, 4) is 0 Å². The number of hydrogen-bond donors (Lipinski definition) is 1. The monoisotopic (exact) mass is 411 g/mol. The maximum absolute atomic E-state index is 12.1. The lowest BCUT2D eigenvalue weighted by atomic mass is 10.3. The van der Waals surface area contributed by atoms with Gasteiger partial charge in [0.1, 0.15) is 0 Å². The van der Waals surface area contributed by atoms with Gasteiger partial charge in [-0.05, 0) is 35.0 Å². The number of aromatic nitrogens is 1. The van der Waals surface area contributed by atoms with Crippen LogP contribution in [0.1, 0.15) is 12.1 Å². The van der Waals surface area contributed by atoms with Crippen molar-refractivity contribution in [3.63, 3.8) is 0 Å². The molecule has 0 radical (unpaired) electrons. The fourth-order valence-corrected chi connectivity index (χ4v) is 3.27. The SMILES string of the molecule is Cc1csc(=O)n1CCC(=O)N(C)CC(=O)Nc1ccccc1Br. The predicted molar refractivity (Wildman–Crippen MR) is 98.3 cm³/mol. The third-order valence-electron chi connectivity index (χ3n) is 3.48. The Labute approximate surface area is 152 Å². The first-order valence-corrected chi connectivity index (χ1v) is 8.99. The number of anilines is 1. The molecule has 0 bridgehead atoms. The number of aryl methyl sites for hydroxylation is 1. The molecule has 128 valence electrons. The number of rotatable bonds is 6. The van der Waals surface area contributed by atoms with E-state index in [1.165, 1.54) is 4.90 Å². The summed E-state index contributed by atoms with van der Waals surface area (Å²) >= 11 is 4.47. The molecule has 2 rings (SSSR count). The van der Waals surface area contributed by atoms with Crippen LogP contribution >= 0.6 is 27.3 Å². The van der Waals surface area contributed by atoms with Gasteiger partial charge in [-0.3, -0.25) is 14.4 Å². The maximum Gasteiger partial charge on any atom is 0.307 e. The van der Waals surface area contributed by atoms with Crippen LogP contribution in [-0.2, 0) is 16.1 Å². The molecule has 0 saturated heterocycles. The quantitative estimate of drug-likeness (QED) is 0.793. The number of benzene rings is 1. The van der Waals surface area contributed by atoms with Crippen LogP contribution in [0.15, 0.2) is 38.9 Å². The molecular weight excluding hydrogens is 394 g/mol. The molecule has 1 aromatic carbocycles. The van der Waals surface area contributed by atoms with Crippen molar-refractivity contribution in [2.24, 2.45) is 0 Å². The summed E-state index contributed by atoms with van der Waals surface area (Å²) in [6.45, 7) is 2.11. The minimum Gasteiger partial charge on any atom is -0.336 e. The van der Waals surface area contributed by atoms with Gasteiger partial charge in [0.2, 0.25) is 11.8 Å². The molecule has 0 aliphatic rings. The highest BCUT2D eigenvalue weighted by molar-refractivity contribution is 9.10. The molecule has 1 aromatic heterocycles. The summed E-state index contributed by atoms with van der Waals surface area (Å²) < 4.78 is 2.34. The van der Waals surface area contributed by atoms with Crippen molar-refractivity contribution in [1.82, 2.24) is 9.47 Å². The number of nitrogens with one attached hydrogen (secondary N) is 1. The van der Waals surface area contributed by atoms with Gasteiger partial charge in [-0.1, -0.05) is 23.5 Å². The van der Waals surface area contributed by atoms with Crippen LogP contribution in [0.4, 0.5) is 5.69 Å². The third kappa shape index (κ3) is 4.78. The maximum atomic E-state index is 12.1. The summed E-state index contributed by atoms with van der Waals surface area (Å²) in [6, 6.07) is 7.26. The summed E-state index contributed by atoms with van der Waals surface area (Å²) in [7, 11) is 1.57. The van der Waals surface area contributed by atoms with Crippen molar-refractivity contribution in [2.75, 3.05) is 18.9 Å². The summed E-state index contributed by atoms with van der Waals surface area (Å²) in [4.78, 5) is 37.1. The third-order valence-corrected chi connectivity index (χ3v) is 5.05. The second-order valence-electron chi connectivity index (χ2n) is 5.32. The zero-order valence-corrected chi connectivity index (χ0v) is 15.8. The zero-order chi connectivity index (χ0) is 17.7. The number of nitrogens with zero attached hydrogens (tertiary/aromatic N) is 2. The average Bonchev–Trinajstić information content (AvgIpc) is 2.85. The van der Waals surface area contributed by atoms with E-state index in [1.54, 1.807) is 23.1 Å². The first kappa shape index (κ1) is 18.4. The van der Waals surface area contributed by atoms with E-state index < -0.39 is 0 Å². The number of carbonyl (C=O) groups is 2. The van der Waals surface area contributed by atoms with Crippen molar-refractivity contribution in [2.45, 2.75) is 19.9 Å². The second-order valence-corrected chi connectivity index (χ2v) is 7.00. The average molecular weight is 412 g/mol. The van der Waals surface area contributed by atoms with Crippen LogP contribution < -0.4 is 10.2 Å². The van der Waals surface area contributed by atoms with E-state index in [0.29, 0.717) is 12.2 Å². The normalized spacial score (nSPS) is 10.5. The van der Waals surface area contributed by atoms with E-state index in [-0.39, 0.29) is 29.7 Å². The van der Waals surface area contributed by atoms with Crippen LogP contribution in [0.25, 0.3) is 0 Å². The fourth-order valence-electron chi connectivity index (χ4n) is 2.13. The van der Waals surface area contributed by atoms with E-state index in [0.717, 1.165) is 21.5 Å². The first-order chi connectivity index (χ1) is 11.4. The lowest BCUT2D eigenvalue weighted by molar-refractivity contribution is -0.133. The van der Waals surface area contributed by atoms with Crippen molar-refractivity contribution < 1.29 is 9.59 Å². The fraction of sp³-hybridized carbons (Fsp3) is 0.312. The van der Waals surface area contributed by atoms with Gasteiger partial charge in [-0.15, -0.1) is 0 Å². The smallest absolute Gasteiger partial charge is 0.307 e. The van der Waals surface area contributed by atoms with E-state index in [4.69, 9.17) is 0 Å². The molecule has 0 spiro atoms. The van der Waals surface area contributed by atoms with Gasteiger partial charge >= 0.3 is 4.87 Å². The Morgan fingerprint density at radius 1 is 1.33 bits per heavy atom. The highest BCUT2D eigenvalue weighted by Crippen LogP contribution is 2.20. The van der Waals surface area contributed by atoms with Gasteiger partial charge in [0.15, 0.2) is 0 Å². The summed E-state index contributed by atoms with van der Waals surface area (Å²) in [5.41, 5.74) is 1.50. The van der Waals surface area contributed by atoms with Crippen LogP contribution in [-0.4, -0.2) is 34.9 Å². The Kier molecular flexibility index (Phi) is 6.33. The summed E-state index contributed by atoms with van der Waals surface area (Å²) in [5.74, 6) is -0.462. The van der Waals surface area contributed by atoms with E-state index in [9.17, 15) is 14.4 Å². The molecule has 0 atom stereocenters. The molecule has 0 aliphatic heterocycles. The van der Waals surface area contributed by atoms with Crippen LogP contribution in [0.2, 0.25) is 0 Å². The summed E-state index contributed by atoms with van der Waals surface area (Å²) in [6.07, 6.45) is 0.177. The zero-order valence-electron chi connectivity index (χ0n) is 13.4. The lowest BCUT2D eigenvalue weighted by Crippen LogP contribution is -2.35. The minimum absolute atomic E-state index is 0.0440. The summed E-state index contributed by atoms with van der Waals surface area (Å²) in [5, 5.41) is 4.52. The molecule has 24 heavy (non-hydrogen) atoms. The van der Waals surface area contributed by atoms with Crippen molar-refractivity contribution >= 4 is 44.8 Å². The molecule has 1 heterocycles. The van der Waals surface area contributed by atoms with Crippen LogP contribution in [0, 0.1) is 6.92 Å². The Morgan fingerprint density at radius 2 is 2.04 bits per heavy atom. The minimum atomic E-state index is -0.276. The number of carbonyl (C=O) groups excluding carboxylic acids is 2. The Bertz CT molecular complexity index is 800. The molecular formula is C16H18BrN3O3S. The molecule has 0 saturated carbocycles. The first-order valence-electron chi connectivity index (χ1n) is 7.31. The highest BCUT2D eigenvalue weighted by Gasteiger charge is 2.14. The highest BCUT2D eigenvalue weighted by atomic mass is 79.9. The van der Waals surface area contributed by atoms with E-state index in [1.807, 2.05) is 25.1 Å². The van der Waals surface area contributed by atoms with E-state index in [2.05, 4.69) is 21.2 Å². The van der Waals surface area contributed by atoms with Crippen LogP contribution in [0.3, 0.4) is 0 Å². The molecule has 6 nitrogen and oxygen atoms in total. The van der Waals surface area contributed by atoms with Gasteiger partial charge in [0, 0.05) is 35.6 Å². The molecule has 0 unspecified atom stereocenters. The number of likely N-dealkylation sites (N-methyl/N-ethyl adjacent to an activating group) is 1. The van der Waals surface area contributed by atoms with Gasteiger partial charge in [0.25, 0.3) is 0 Å². The molecule has 1 N–H and O–H groups in total. The topological polar surface area (TPSA) is 71.4 Å². The molecule has 2 amide bonds. The Hall–Kier alpha value is -1.93. The number of thiazole rings is 1. The largest absolute Gasteiger partial charge is 0.336 e. The number of para-hydroxylation sites is 1. The number of hydrogen-bond acceptors (Lipinski definition) is 4. The predicted octanol–water partition coefficient (Wildman–Crippen LogP) is 2.47. The molecule has 0 fully saturated rings. The number of halogens is 1. The Morgan fingerprint density at radius 3 is 2.67 bits per heavy atom. The Balaban J connectivity index is 1.86. The number of amides is 2. The van der Waals surface area contributed by atoms with Crippen LogP contribution in [0.5, 0.6) is 0 Å².